The van der Waals surface area contributed by atoms with E-state index in [4.69, 9.17) is 11.6 Å². The van der Waals surface area contributed by atoms with E-state index < -0.39 is 22.8 Å². The summed E-state index contributed by atoms with van der Waals surface area (Å²) in [5.41, 5.74) is -0.320. The van der Waals surface area contributed by atoms with Crippen LogP contribution in [0.4, 0.5) is 13.2 Å². The fraction of sp³-hybridized carbons (Fsp3) is 0.308. The first-order chi connectivity index (χ1) is 10.3. The summed E-state index contributed by atoms with van der Waals surface area (Å²) >= 11 is 5.61. The fourth-order valence-corrected chi connectivity index (χ4v) is 2.00. The van der Waals surface area contributed by atoms with Crippen LogP contribution < -0.4 is 5.32 Å². The smallest absolute Gasteiger partial charge is 0.350 e. The number of alkyl halides is 3. The van der Waals surface area contributed by atoms with Gasteiger partial charge in [-0.1, -0.05) is 17.7 Å². The van der Waals surface area contributed by atoms with Crippen LogP contribution in [0.2, 0.25) is 5.02 Å². The Kier molecular flexibility index (Phi) is 4.70. The summed E-state index contributed by atoms with van der Waals surface area (Å²) in [6, 6.07) is 3.49. The van der Waals surface area contributed by atoms with E-state index in [9.17, 15) is 18.0 Å². The molecule has 0 aliphatic heterocycles. The first-order valence-corrected chi connectivity index (χ1v) is 6.62. The number of carbonyl (C=O) groups excluding carboxylic acids is 1. The van der Waals surface area contributed by atoms with Gasteiger partial charge >= 0.3 is 6.18 Å². The molecule has 0 saturated carbocycles. The van der Waals surface area contributed by atoms with E-state index in [-0.39, 0.29) is 18.8 Å². The molecule has 1 N–H and O–H groups in total. The van der Waals surface area contributed by atoms with E-state index in [1.54, 1.807) is 24.5 Å². The number of hydrogen-bond donors (Lipinski definition) is 1. The third kappa shape index (κ3) is 3.76. The molecule has 2 heterocycles. The quantitative estimate of drug-likeness (QED) is 0.936. The third-order valence-electron chi connectivity index (χ3n) is 2.91. The topological polar surface area (TPSA) is 59.8 Å². The number of halogens is 4. The van der Waals surface area contributed by atoms with Crippen LogP contribution in [0.5, 0.6) is 0 Å². The zero-order chi connectivity index (χ0) is 16.3. The van der Waals surface area contributed by atoms with E-state index in [0.29, 0.717) is 0 Å². The molecule has 2 aromatic rings. The number of amides is 1. The average Bonchev–Trinajstić information content (AvgIpc) is 2.74. The van der Waals surface area contributed by atoms with Gasteiger partial charge in [-0.05, 0) is 18.6 Å². The van der Waals surface area contributed by atoms with Crippen molar-refractivity contribution in [3.8, 4) is 0 Å². The van der Waals surface area contributed by atoms with Gasteiger partial charge in [-0.3, -0.25) is 14.5 Å². The van der Waals surface area contributed by atoms with Gasteiger partial charge in [0.1, 0.15) is 6.54 Å². The van der Waals surface area contributed by atoms with Crippen LogP contribution in [0.25, 0.3) is 0 Å². The van der Waals surface area contributed by atoms with Gasteiger partial charge in [0.2, 0.25) is 5.91 Å². The number of pyridine rings is 1. The molecule has 1 amide bonds. The molecule has 2 rings (SSSR count). The molecule has 9 heteroatoms. The molecule has 0 bridgehead atoms. The van der Waals surface area contributed by atoms with Crippen LogP contribution >= 0.6 is 11.6 Å². The van der Waals surface area contributed by atoms with Gasteiger partial charge in [-0.25, -0.2) is 0 Å². The van der Waals surface area contributed by atoms with Gasteiger partial charge in [-0.2, -0.15) is 18.3 Å². The number of aromatic nitrogens is 3. The number of carbonyl (C=O) groups is 1. The molecule has 22 heavy (non-hydrogen) atoms. The van der Waals surface area contributed by atoms with E-state index >= 15 is 0 Å². The van der Waals surface area contributed by atoms with Crippen molar-refractivity contribution in [2.75, 3.05) is 0 Å². The molecule has 0 aliphatic carbocycles. The van der Waals surface area contributed by atoms with Crippen molar-refractivity contribution in [2.24, 2.45) is 0 Å². The second kappa shape index (κ2) is 6.35. The lowest BCUT2D eigenvalue weighted by molar-refractivity contribution is -0.141. The molecule has 0 aromatic carbocycles. The molecule has 118 valence electrons. The van der Waals surface area contributed by atoms with Gasteiger partial charge in [-0.15, -0.1) is 0 Å². The molecular weight excluding hydrogens is 321 g/mol. The minimum atomic E-state index is -4.65. The molecule has 0 aliphatic rings. The first kappa shape index (κ1) is 16.3. The Morgan fingerprint density at radius 2 is 2.18 bits per heavy atom. The van der Waals surface area contributed by atoms with Crippen molar-refractivity contribution in [2.45, 2.75) is 26.2 Å². The molecule has 0 unspecified atom stereocenters. The summed E-state index contributed by atoms with van der Waals surface area (Å²) in [6.45, 7) is 1.26. The average molecular weight is 333 g/mol. The summed E-state index contributed by atoms with van der Waals surface area (Å²) in [5.74, 6) is -0.472. The highest BCUT2D eigenvalue weighted by molar-refractivity contribution is 6.32. The lowest BCUT2D eigenvalue weighted by Crippen LogP contribution is -2.28. The Bertz CT molecular complexity index is 670. The number of nitrogens with one attached hydrogen (secondary N) is 1. The Hall–Kier alpha value is -2.09. The van der Waals surface area contributed by atoms with Crippen LogP contribution in [0.1, 0.15) is 17.0 Å². The molecule has 0 atom stereocenters. The summed E-state index contributed by atoms with van der Waals surface area (Å²) < 4.78 is 39.0. The van der Waals surface area contributed by atoms with Gasteiger partial charge in [0, 0.05) is 18.9 Å². The van der Waals surface area contributed by atoms with E-state index in [1.165, 1.54) is 6.92 Å². The number of rotatable bonds is 4. The highest BCUT2D eigenvalue weighted by atomic mass is 35.5. The van der Waals surface area contributed by atoms with Crippen molar-refractivity contribution < 1.29 is 18.0 Å². The van der Waals surface area contributed by atoms with Gasteiger partial charge in [0.25, 0.3) is 0 Å². The predicted octanol–water partition coefficient (Wildman–Crippen LogP) is 2.58. The Morgan fingerprint density at radius 1 is 1.45 bits per heavy atom. The van der Waals surface area contributed by atoms with Crippen LogP contribution in [0.3, 0.4) is 0 Å². The summed E-state index contributed by atoms with van der Waals surface area (Å²) in [6.07, 6.45) is -1.48. The van der Waals surface area contributed by atoms with Crippen molar-refractivity contribution in [3.05, 3.63) is 46.5 Å². The van der Waals surface area contributed by atoms with E-state index in [1.807, 2.05) is 0 Å². The monoisotopic (exact) mass is 332 g/mol. The lowest BCUT2D eigenvalue weighted by Gasteiger charge is -2.06. The Morgan fingerprint density at radius 3 is 2.73 bits per heavy atom. The molecule has 5 nitrogen and oxygen atoms in total. The van der Waals surface area contributed by atoms with Crippen molar-refractivity contribution in [1.29, 1.82) is 0 Å². The molecule has 0 saturated heterocycles. The minimum Gasteiger partial charge on any atom is -0.350 e. The van der Waals surface area contributed by atoms with Crippen molar-refractivity contribution in [3.63, 3.8) is 0 Å². The normalized spacial score (nSPS) is 11.5. The van der Waals surface area contributed by atoms with Crippen molar-refractivity contribution >= 4 is 17.5 Å². The van der Waals surface area contributed by atoms with Crippen LogP contribution in [-0.2, 0) is 24.1 Å². The van der Waals surface area contributed by atoms with Gasteiger partial charge in [0.15, 0.2) is 5.69 Å². The fourth-order valence-electron chi connectivity index (χ4n) is 1.75. The largest absolute Gasteiger partial charge is 0.436 e. The third-order valence-corrected chi connectivity index (χ3v) is 3.36. The van der Waals surface area contributed by atoms with Gasteiger partial charge < -0.3 is 5.32 Å². The highest BCUT2D eigenvalue weighted by Crippen LogP contribution is 2.35. The molecule has 0 spiro atoms. The second-order valence-electron chi connectivity index (χ2n) is 4.54. The molecule has 0 fully saturated rings. The molecule has 2 aromatic heterocycles. The number of hydrogen-bond acceptors (Lipinski definition) is 3. The maximum atomic E-state index is 12.7. The summed E-state index contributed by atoms with van der Waals surface area (Å²) in [7, 11) is 0. The summed E-state index contributed by atoms with van der Waals surface area (Å²) in [4.78, 5) is 15.7. The van der Waals surface area contributed by atoms with Crippen molar-refractivity contribution in [1.82, 2.24) is 20.1 Å². The first-order valence-electron chi connectivity index (χ1n) is 6.24. The minimum absolute atomic E-state index is 0.0884. The van der Waals surface area contributed by atoms with E-state index in [2.05, 4.69) is 15.4 Å². The molecular formula is C13H12ClF3N4O. The Balaban J connectivity index is 2.03. The zero-order valence-corrected chi connectivity index (χ0v) is 12.2. The Labute approximate surface area is 129 Å². The van der Waals surface area contributed by atoms with E-state index in [0.717, 1.165) is 10.2 Å². The maximum Gasteiger partial charge on any atom is 0.436 e. The molecule has 0 radical (unpaired) electrons. The highest BCUT2D eigenvalue weighted by Gasteiger charge is 2.38. The van der Waals surface area contributed by atoms with Crippen LogP contribution in [0.15, 0.2) is 24.5 Å². The maximum absolute atomic E-state index is 12.7. The standard InChI is InChI=1S/C13H12ClF3N4O/c1-8-11(14)12(13(15,16)17)20-21(8)7-10(22)19-6-9-3-2-4-18-5-9/h2-5H,6-7H2,1H3,(H,19,22). The zero-order valence-electron chi connectivity index (χ0n) is 11.5. The number of nitrogens with zero attached hydrogens (tertiary/aromatic N) is 3. The SMILES string of the molecule is Cc1c(Cl)c(C(F)(F)F)nn1CC(=O)NCc1cccnc1. The second-order valence-corrected chi connectivity index (χ2v) is 4.92. The van der Waals surface area contributed by atoms with Crippen LogP contribution in [0, 0.1) is 6.92 Å². The summed E-state index contributed by atoms with van der Waals surface area (Å²) in [5, 5.41) is 5.45. The van der Waals surface area contributed by atoms with Gasteiger partial charge in [0.05, 0.1) is 10.7 Å². The lowest BCUT2D eigenvalue weighted by atomic mass is 10.3. The predicted molar refractivity (Wildman–Crippen MR) is 73.1 cm³/mol. The van der Waals surface area contributed by atoms with Crippen LogP contribution in [-0.4, -0.2) is 20.7 Å².